The minimum atomic E-state index is -0.833. The van der Waals surface area contributed by atoms with Gasteiger partial charge in [-0.1, -0.05) is 0 Å². The Labute approximate surface area is 53.4 Å². The Bertz CT molecular complexity index is 65.4. The molecular weight excluding hydrogens is 124 g/mol. The van der Waals surface area contributed by atoms with Gasteiger partial charge < -0.3 is 10.2 Å². The average Bonchev–Trinajstić information content (AvgIpc) is 1.71. The molecule has 0 amide bonds. The molecule has 0 heterocycles. The monoisotopic (exact) mass is 134 g/mol. The normalized spacial score (nSPS) is 4.56. The lowest BCUT2D eigenvalue weighted by Gasteiger charge is -1.59. The predicted molar refractivity (Wildman–Crippen MR) is 33.3 cm³/mol. The van der Waals surface area contributed by atoms with Gasteiger partial charge in [-0.3, -0.25) is 9.59 Å². The molecule has 0 aromatic rings. The van der Waals surface area contributed by atoms with E-state index in [4.69, 9.17) is 19.8 Å². The summed E-state index contributed by atoms with van der Waals surface area (Å²) >= 11 is 0. The van der Waals surface area contributed by atoms with Crippen LogP contribution in [-0.2, 0) is 9.59 Å². The van der Waals surface area contributed by atoms with Gasteiger partial charge in [0.1, 0.15) is 0 Å². The van der Waals surface area contributed by atoms with Gasteiger partial charge in [-0.2, -0.15) is 0 Å². The van der Waals surface area contributed by atoms with E-state index in [0.29, 0.717) is 0 Å². The molecule has 0 spiro atoms. The molecule has 0 saturated heterocycles. The molecule has 0 aromatic carbocycles. The molecule has 9 heavy (non-hydrogen) atoms. The van der Waals surface area contributed by atoms with Gasteiger partial charge >= 0.3 is 0 Å². The SMILES string of the molecule is C=C.CC(=O)O.O=CO. The maximum Gasteiger partial charge on any atom is 0.300 e. The van der Waals surface area contributed by atoms with Crippen LogP contribution in [0.2, 0.25) is 0 Å². The summed E-state index contributed by atoms with van der Waals surface area (Å²) in [7, 11) is 0. The van der Waals surface area contributed by atoms with E-state index in [1.165, 1.54) is 0 Å². The zero-order chi connectivity index (χ0) is 8.28. The first-order chi connectivity index (χ1) is 4.15. The van der Waals surface area contributed by atoms with Crippen molar-refractivity contribution in [1.29, 1.82) is 0 Å². The molecule has 0 radical (unpaired) electrons. The quantitative estimate of drug-likeness (QED) is 0.375. The molecule has 2 N–H and O–H groups in total. The number of hydrogen-bond donors (Lipinski definition) is 2. The first-order valence-electron chi connectivity index (χ1n) is 1.92. The Morgan fingerprint density at radius 1 is 1.56 bits per heavy atom. The van der Waals surface area contributed by atoms with Gasteiger partial charge in [-0.25, -0.2) is 0 Å². The van der Waals surface area contributed by atoms with Gasteiger partial charge in [0.2, 0.25) is 0 Å². The van der Waals surface area contributed by atoms with Gasteiger partial charge in [-0.15, -0.1) is 13.2 Å². The van der Waals surface area contributed by atoms with Gasteiger partial charge in [0.25, 0.3) is 12.4 Å². The number of carboxylic acids is 1. The van der Waals surface area contributed by atoms with Crippen molar-refractivity contribution < 1.29 is 19.8 Å². The molecule has 0 aromatic heterocycles. The molecule has 0 unspecified atom stereocenters. The van der Waals surface area contributed by atoms with E-state index >= 15 is 0 Å². The molecule has 54 valence electrons. The van der Waals surface area contributed by atoms with Crippen molar-refractivity contribution in [2.75, 3.05) is 0 Å². The standard InChI is InChI=1S/C2H4O2.C2H4.CH2O2/c1-2(3)4;1-2;2-1-3/h1H3,(H,3,4);1-2H2;1H,(H,2,3). The topological polar surface area (TPSA) is 74.6 Å². The summed E-state index contributed by atoms with van der Waals surface area (Å²) < 4.78 is 0. The van der Waals surface area contributed by atoms with Crippen molar-refractivity contribution in [2.45, 2.75) is 6.92 Å². The number of rotatable bonds is 0. The van der Waals surface area contributed by atoms with E-state index < -0.39 is 5.97 Å². The highest BCUT2D eigenvalue weighted by Gasteiger charge is 1.65. The van der Waals surface area contributed by atoms with Crippen LogP contribution < -0.4 is 0 Å². The molecule has 0 rings (SSSR count). The van der Waals surface area contributed by atoms with E-state index in [9.17, 15) is 0 Å². The summed E-state index contributed by atoms with van der Waals surface area (Å²) in [6, 6.07) is 0. The van der Waals surface area contributed by atoms with Crippen LogP contribution in [-0.4, -0.2) is 22.7 Å². The highest BCUT2D eigenvalue weighted by atomic mass is 16.4. The summed E-state index contributed by atoms with van der Waals surface area (Å²) in [5.41, 5.74) is 0. The van der Waals surface area contributed by atoms with Crippen LogP contribution in [0.4, 0.5) is 0 Å². The summed E-state index contributed by atoms with van der Waals surface area (Å²) in [5, 5.41) is 14.3. The molecule has 0 atom stereocenters. The van der Waals surface area contributed by atoms with Gasteiger partial charge in [0, 0.05) is 6.92 Å². The summed E-state index contributed by atoms with van der Waals surface area (Å²) in [6.07, 6.45) is 0. The molecule has 0 aliphatic rings. The van der Waals surface area contributed by atoms with Crippen LogP contribution in [0.5, 0.6) is 0 Å². The highest BCUT2D eigenvalue weighted by Crippen LogP contribution is 1.42. The number of aliphatic carboxylic acids is 1. The van der Waals surface area contributed by atoms with E-state index in [-0.39, 0.29) is 6.47 Å². The number of hydrogen-bond acceptors (Lipinski definition) is 2. The Hall–Kier alpha value is -1.32. The lowest BCUT2D eigenvalue weighted by Crippen LogP contribution is -1.78. The minimum Gasteiger partial charge on any atom is -0.483 e. The average molecular weight is 134 g/mol. The first kappa shape index (κ1) is 15.6. The second kappa shape index (κ2) is 30.0. The molecule has 0 aliphatic carbocycles. The van der Waals surface area contributed by atoms with Crippen molar-refractivity contribution in [3.05, 3.63) is 13.2 Å². The van der Waals surface area contributed by atoms with Gasteiger partial charge in [0.05, 0.1) is 0 Å². The van der Waals surface area contributed by atoms with Gasteiger partial charge in [-0.05, 0) is 0 Å². The third-order valence-electron chi connectivity index (χ3n) is 0. The fourth-order valence-corrected chi connectivity index (χ4v) is 0. The van der Waals surface area contributed by atoms with Crippen molar-refractivity contribution in [2.24, 2.45) is 0 Å². The van der Waals surface area contributed by atoms with Crippen LogP contribution in [0.3, 0.4) is 0 Å². The van der Waals surface area contributed by atoms with Crippen LogP contribution in [0.15, 0.2) is 13.2 Å². The summed E-state index contributed by atoms with van der Waals surface area (Å²) in [5.74, 6) is -0.833. The largest absolute Gasteiger partial charge is 0.483 e. The van der Waals surface area contributed by atoms with Crippen molar-refractivity contribution in [1.82, 2.24) is 0 Å². The molecule has 4 heteroatoms. The lowest BCUT2D eigenvalue weighted by molar-refractivity contribution is -0.134. The van der Waals surface area contributed by atoms with E-state index in [1.54, 1.807) is 0 Å². The second-order valence-corrected chi connectivity index (χ2v) is 0.624. The predicted octanol–water partition coefficient (Wildman–Crippen LogP) is 0.594. The molecular formula is C5H10O4. The lowest BCUT2D eigenvalue weighted by atomic mass is 10.9. The van der Waals surface area contributed by atoms with E-state index in [1.807, 2.05) is 0 Å². The van der Waals surface area contributed by atoms with Crippen molar-refractivity contribution in [3.8, 4) is 0 Å². The number of carboxylic acid groups (broad SMARTS) is 2. The zero-order valence-corrected chi connectivity index (χ0v) is 5.20. The Morgan fingerprint density at radius 3 is 1.56 bits per heavy atom. The fourth-order valence-electron chi connectivity index (χ4n) is 0. The Balaban J connectivity index is -0.0000000646. The van der Waals surface area contributed by atoms with E-state index in [2.05, 4.69) is 13.2 Å². The van der Waals surface area contributed by atoms with Crippen molar-refractivity contribution >= 4 is 12.4 Å². The molecule has 4 nitrogen and oxygen atoms in total. The van der Waals surface area contributed by atoms with Gasteiger partial charge in [0.15, 0.2) is 0 Å². The molecule has 0 bridgehead atoms. The van der Waals surface area contributed by atoms with Crippen LogP contribution >= 0.6 is 0 Å². The molecule has 0 aliphatic heterocycles. The van der Waals surface area contributed by atoms with Crippen LogP contribution in [0.25, 0.3) is 0 Å². The third-order valence-corrected chi connectivity index (χ3v) is 0. The summed E-state index contributed by atoms with van der Waals surface area (Å²) in [6.45, 7) is 6.83. The third kappa shape index (κ3) is 84.0. The second-order valence-electron chi connectivity index (χ2n) is 0.624. The minimum absolute atomic E-state index is 0.250. The highest BCUT2D eigenvalue weighted by molar-refractivity contribution is 5.62. The van der Waals surface area contributed by atoms with Crippen LogP contribution in [0.1, 0.15) is 6.92 Å². The molecule has 0 saturated carbocycles. The fraction of sp³-hybridized carbons (Fsp3) is 0.200. The first-order valence-corrected chi connectivity index (χ1v) is 1.92. The number of carbonyl (C=O) groups is 2. The molecule has 0 fully saturated rings. The Morgan fingerprint density at radius 2 is 1.56 bits per heavy atom. The van der Waals surface area contributed by atoms with Crippen LogP contribution in [0, 0.1) is 0 Å². The zero-order valence-electron chi connectivity index (χ0n) is 5.20. The maximum absolute atomic E-state index is 9.00. The summed E-state index contributed by atoms with van der Waals surface area (Å²) in [4.78, 5) is 17.4. The van der Waals surface area contributed by atoms with E-state index in [0.717, 1.165) is 6.92 Å². The smallest absolute Gasteiger partial charge is 0.300 e. The van der Waals surface area contributed by atoms with Crippen molar-refractivity contribution in [3.63, 3.8) is 0 Å². The maximum atomic E-state index is 9.00. The Kier molecular flexibility index (Phi) is 52.2.